The Morgan fingerprint density at radius 1 is 1.19 bits per heavy atom. The molecular formula is C20H27N5O. The van der Waals surface area contributed by atoms with Gasteiger partial charge in [0.05, 0.1) is 18.4 Å². The highest BCUT2D eigenvalue weighted by Gasteiger charge is 2.21. The number of nitrogens with zero attached hydrogens (tertiary/aromatic N) is 3. The number of likely N-dealkylation sites (N-methyl/N-ethyl adjacent to an activating group) is 1. The minimum Gasteiger partial charge on any atom is -0.338 e. The van der Waals surface area contributed by atoms with Crippen LogP contribution in [-0.2, 0) is 32.5 Å². The summed E-state index contributed by atoms with van der Waals surface area (Å²) in [6.07, 6.45) is 5.17. The molecule has 0 saturated heterocycles. The van der Waals surface area contributed by atoms with Crippen molar-refractivity contribution in [1.82, 2.24) is 25.3 Å². The summed E-state index contributed by atoms with van der Waals surface area (Å²) in [4.78, 5) is 14.4. The van der Waals surface area contributed by atoms with E-state index in [1.165, 1.54) is 16.8 Å². The maximum absolute atomic E-state index is 12.1. The third-order valence-electron chi connectivity index (χ3n) is 5.56. The van der Waals surface area contributed by atoms with Gasteiger partial charge in [0, 0.05) is 31.7 Å². The van der Waals surface area contributed by atoms with Crippen LogP contribution in [0, 0.1) is 5.92 Å². The first-order chi connectivity index (χ1) is 12.7. The van der Waals surface area contributed by atoms with E-state index in [9.17, 15) is 4.79 Å². The molecule has 1 aromatic heterocycles. The fourth-order valence-corrected chi connectivity index (χ4v) is 4.05. The summed E-state index contributed by atoms with van der Waals surface area (Å²) in [7, 11) is 2.11. The number of rotatable bonds is 5. The van der Waals surface area contributed by atoms with Crippen LogP contribution in [0.3, 0.4) is 0 Å². The Morgan fingerprint density at radius 3 is 2.73 bits per heavy atom. The van der Waals surface area contributed by atoms with Crippen LogP contribution in [-0.4, -0.2) is 40.8 Å². The Balaban J connectivity index is 1.19. The van der Waals surface area contributed by atoms with E-state index < -0.39 is 0 Å². The van der Waals surface area contributed by atoms with Crippen LogP contribution in [0.15, 0.2) is 30.5 Å². The number of nitrogens with one attached hydrogen (secondary N) is 2. The number of aromatic nitrogens is 2. The molecule has 6 heteroatoms. The molecule has 0 saturated carbocycles. The van der Waals surface area contributed by atoms with Gasteiger partial charge in [-0.15, -0.1) is 0 Å². The van der Waals surface area contributed by atoms with E-state index >= 15 is 0 Å². The molecule has 2 amide bonds. The van der Waals surface area contributed by atoms with Crippen LogP contribution in [0.5, 0.6) is 0 Å². The lowest BCUT2D eigenvalue weighted by atomic mass is 10.0. The molecule has 0 fully saturated rings. The monoisotopic (exact) mass is 353 g/mol. The topological polar surface area (TPSA) is 62.2 Å². The lowest BCUT2D eigenvalue weighted by Crippen LogP contribution is -2.37. The molecule has 1 aliphatic carbocycles. The van der Waals surface area contributed by atoms with E-state index in [0.29, 0.717) is 12.5 Å². The lowest BCUT2D eigenvalue weighted by Gasteiger charge is -2.24. The number of fused-ring (bicyclic) bond motifs is 2. The van der Waals surface area contributed by atoms with Crippen molar-refractivity contribution in [2.75, 3.05) is 20.1 Å². The Morgan fingerprint density at radius 2 is 1.96 bits per heavy atom. The van der Waals surface area contributed by atoms with Crippen molar-refractivity contribution in [3.63, 3.8) is 0 Å². The second-order valence-corrected chi connectivity index (χ2v) is 7.52. The fourth-order valence-electron chi connectivity index (χ4n) is 4.05. The first-order valence-corrected chi connectivity index (χ1v) is 9.49. The Hall–Kier alpha value is -2.34. The molecular weight excluding hydrogens is 326 g/mol. The Kier molecular flexibility index (Phi) is 4.93. The van der Waals surface area contributed by atoms with Gasteiger partial charge in [-0.25, -0.2) is 4.79 Å². The van der Waals surface area contributed by atoms with Crippen molar-refractivity contribution in [2.45, 2.75) is 38.9 Å². The fraction of sp³-hybridized carbons (Fsp3) is 0.500. The number of hydrogen-bond acceptors (Lipinski definition) is 3. The number of hydrogen-bond donors (Lipinski definition) is 2. The molecule has 0 atom stereocenters. The van der Waals surface area contributed by atoms with Gasteiger partial charge >= 0.3 is 6.03 Å². The van der Waals surface area contributed by atoms with Crippen molar-refractivity contribution in [3.05, 3.63) is 52.8 Å². The average Bonchev–Trinajstić information content (AvgIpc) is 3.23. The zero-order valence-corrected chi connectivity index (χ0v) is 15.4. The van der Waals surface area contributed by atoms with E-state index in [1.807, 2.05) is 10.9 Å². The summed E-state index contributed by atoms with van der Waals surface area (Å²) in [5, 5.41) is 10.4. The molecule has 0 unspecified atom stereocenters. The van der Waals surface area contributed by atoms with Gasteiger partial charge in [0.1, 0.15) is 0 Å². The van der Waals surface area contributed by atoms with Crippen LogP contribution in [0.1, 0.15) is 28.8 Å². The second kappa shape index (κ2) is 7.50. The molecule has 0 radical (unpaired) electrons. The van der Waals surface area contributed by atoms with Crippen molar-refractivity contribution in [1.29, 1.82) is 0 Å². The molecule has 1 aromatic carbocycles. The highest BCUT2D eigenvalue weighted by molar-refractivity contribution is 5.73. The third-order valence-corrected chi connectivity index (χ3v) is 5.56. The molecule has 4 rings (SSSR count). The quantitative estimate of drug-likeness (QED) is 0.863. The Bertz CT molecular complexity index is 759. The maximum atomic E-state index is 12.1. The van der Waals surface area contributed by atoms with Crippen LogP contribution < -0.4 is 10.6 Å². The standard InChI is InChI=1S/C20H27N5O/c1-24-8-9-25-19(14-24)18(13-23-25)12-22-20(26)21-7-6-15-10-16-4-2-3-5-17(16)11-15/h2-5,13,15H,6-12,14H2,1H3,(H2,21,22,26). The lowest BCUT2D eigenvalue weighted by molar-refractivity contribution is 0.239. The van der Waals surface area contributed by atoms with E-state index in [1.54, 1.807) is 0 Å². The minimum atomic E-state index is -0.0929. The predicted octanol–water partition coefficient (Wildman–Crippen LogP) is 1.93. The summed E-state index contributed by atoms with van der Waals surface area (Å²) < 4.78 is 2.05. The smallest absolute Gasteiger partial charge is 0.315 e. The van der Waals surface area contributed by atoms with Crippen LogP contribution >= 0.6 is 0 Å². The molecule has 6 nitrogen and oxygen atoms in total. The summed E-state index contributed by atoms with van der Waals surface area (Å²) in [5.41, 5.74) is 5.26. The highest BCUT2D eigenvalue weighted by Crippen LogP contribution is 2.28. The van der Waals surface area contributed by atoms with Crippen LogP contribution in [0.2, 0.25) is 0 Å². The van der Waals surface area contributed by atoms with Crippen molar-refractivity contribution in [3.8, 4) is 0 Å². The number of amides is 2. The first kappa shape index (κ1) is 17.1. The van der Waals surface area contributed by atoms with E-state index in [2.05, 4.69) is 51.9 Å². The Labute approximate surface area is 154 Å². The van der Waals surface area contributed by atoms with Crippen molar-refractivity contribution >= 4 is 6.03 Å². The molecule has 2 aromatic rings. The molecule has 0 spiro atoms. The number of carbonyl (C=O) groups is 1. The molecule has 2 heterocycles. The average molecular weight is 353 g/mol. The first-order valence-electron chi connectivity index (χ1n) is 9.49. The van der Waals surface area contributed by atoms with Gasteiger partial charge in [-0.1, -0.05) is 24.3 Å². The summed E-state index contributed by atoms with van der Waals surface area (Å²) in [6.45, 7) is 4.08. The van der Waals surface area contributed by atoms with Gasteiger partial charge in [0.25, 0.3) is 0 Å². The minimum absolute atomic E-state index is 0.0929. The van der Waals surface area contributed by atoms with Gasteiger partial charge in [0.15, 0.2) is 0 Å². The normalized spacial score (nSPS) is 17.0. The summed E-state index contributed by atoms with van der Waals surface area (Å²) >= 11 is 0. The van der Waals surface area contributed by atoms with E-state index in [4.69, 9.17) is 0 Å². The number of urea groups is 1. The van der Waals surface area contributed by atoms with Gasteiger partial charge < -0.3 is 10.6 Å². The molecule has 1 aliphatic heterocycles. The number of carbonyl (C=O) groups excluding carboxylic acids is 1. The zero-order valence-electron chi connectivity index (χ0n) is 15.4. The molecule has 2 N–H and O–H groups in total. The van der Waals surface area contributed by atoms with Crippen molar-refractivity contribution < 1.29 is 4.79 Å². The summed E-state index contributed by atoms with van der Waals surface area (Å²) in [5.74, 6) is 0.644. The SMILES string of the molecule is CN1CCn2ncc(CNC(=O)NCCC3Cc4ccccc4C3)c2C1. The van der Waals surface area contributed by atoms with Crippen molar-refractivity contribution in [2.24, 2.45) is 5.92 Å². The van der Waals surface area contributed by atoms with Gasteiger partial charge in [-0.2, -0.15) is 5.10 Å². The second-order valence-electron chi connectivity index (χ2n) is 7.52. The van der Waals surface area contributed by atoms with E-state index in [0.717, 1.165) is 51.0 Å². The number of benzene rings is 1. The van der Waals surface area contributed by atoms with Gasteiger partial charge in [-0.3, -0.25) is 9.58 Å². The predicted molar refractivity (Wildman–Crippen MR) is 101 cm³/mol. The van der Waals surface area contributed by atoms with E-state index in [-0.39, 0.29) is 6.03 Å². The molecule has 2 aliphatic rings. The van der Waals surface area contributed by atoms with Crippen LogP contribution in [0.4, 0.5) is 4.79 Å². The molecule has 138 valence electrons. The summed E-state index contributed by atoms with van der Waals surface area (Å²) in [6, 6.07) is 8.57. The van der Waals surface area contributed by atoms with Gasteiger partial charge in [-0.05, 0) is 43.4 Å². The van der Waals surface area contributed by atoms with Crippen LogP contribution in [0.25, 0.3) is 0 Å². The zero-order chi connectivity index (χ0) is 17.9. The third kappa shape index (κ3) is 3.75. The molecule has 26 heavy (non-hydrogen) atoms. The largest absolute Gasteiger partial charge is 0.338 e. The maximum Gasteiger partial charge on any atom is 0.315 e. The molecule has 0 bridgehead atoms. The van der Waals surface area contributed by atoms with Gasteiger partial charge in [0.2, 0.25) is 0 Å². The highest BCUT2D eigenvalue weighted by atomic mass is 16.2.